The molecule has 0 aromatic carbocycles. The summed E-state index contributed by atoms with van der Waals surface area (Å²) in [6.07, 6.45) is 2.24. The molecule has 0 radical (unpaired) electrons. The van der Waals surface area contributed by atoms with E-state index in [4.69, 9.17) is 15.2 Å². The first-order valence-electron chi connectivity index (χ1n) is 6.22. The van der Waals surface area contributed by atoms with Crippen LogP contribution in [0.4, 0.5) is 5.69 Å². The summed E-state index contributed by atoms with van der Waals surface area (Å²) in [6.45, 7) is 4.11. The molecule has 19 heavy (non-hydrogen) atoms. The second-order valence-corrected chi connectivity index (χ2v) is 4.13. The first-order valence-corrected chi connectivity index (χ1v) is 6.22. The molecule has 3 N–H and O–H groups in total. The Morgan fingerprint density at radius 1 is 1.42 bits per heavy atom. The van der Waals surface area contributed by atoms with E-state index in [0.29, 0.717) is 37.6 Å². The van der Waals surface area contributed by atoms with E-state index in [1.165, 1.54) is 6.20 Å². The highest BCUT2D eigenvalue weighted by molar-refractivity contribution is 5.98. The van der Waals surface area contributed by atoms with Crippen molar-refractivity contribution in [3.63, 3.8) is 0 Å². The van der Waals surface area contributed by atoms with Crippen LogP contribution in [-0.2, 0) is 9.47 Å². The number of anilines is 1. The Morgan fingerprint density at radius 3 is 2.89 bits per heavy atom. The fraction of sp³-hybridized carbons (Fsp3) is 0.538. The van der Waals surface area contributed by atoms with E-state index in [9.17, 15) is 4.79 Å². The standard InChI is InChI=1S/C13H21N3O3/c1-10-8-12(14)11(9-16-10)13(17)15-4-3-5-19-7-6-18-2/h8-9H,3-7H2,1-2H3,(H2,14,16)(H,15,17). The van der Waals surface area contributed by atoms with Gasteiger partial charge in [0.15, 0.2) is 0 Å². The van der Waals surface area contributed by atoms with Gasteiger partial charge < -0.3 is 20.5 Å². The van der Waals surface area contributed by atoms with Crippen LogP contribution in [0.1, 0.15) is 22.5 Å². The average molecular weight is 267 g/mol. The molecular formula is C13H21N3O3. The van der Waals surface area contributed by atoms with Gasteiger partial charge in [0.2, 0.25) is 0 Å². The van der Waals surface area contributed by atoms with Gasteiger partial charge in [-0.15, -0.1) is 0 Å². The van der Waals surface area contributed by atoms with Gasteiger partial charge in [-0.3, -0.25) is 9.78 Å². The lowest BCUT2D eigenvalue weighted by Crippen LogP contribution is -2.26. The Morgan fingerprint density at radius 2 is 2.21 bits per heavy atom. The van der Waals surface area contributed by atoms with Gasteiger partial charge in [0.05, 0.1) is 18.8 Å². The number of rotatable bonds is 8. The third-order valence-electron chi connectivity index (χ3n) is 2.50. The third kappa shape index (κ3) is 5.67. The predicted molar refractivity (Wildman–Crippen MR) is 73.0 cm³/mol. The van der Waals surface area contributed by atoms with Crippen LogP contribution in [0, 0.1) is 6.92 Å². The highest BCUT2D eigenvalue weighted by atomic mass is 16.5. The SMILES string of the molecule is COCCOCCCNC(=O)c1cnc(C)cc1N. The van der Waals surface area contributed by atoms with Crippen molar-refractivity contribution >= 4 is 11.6 Å². The van der Waals surface area contributed by atoms with Crippen LogP contribution >= 0.6 is 0 Å². The lowest BCUT2D eigenvalue weighted by molar-refractivity contribution is 0.0688. The number of nitrogens with zero attached hydrogens (tertiary/aromatic N) is 1. The number of carbonyl (C=O) groups excluding carboxylic acids is 1. The quantitative estimate of drug-likeness (QED) is 0.679. The molecule has 0 saturated heterocycles. The van der Waals surface area contributed by atoms with Crippen LogP contribution in [0.3, 0.4) is 0 Å². The zero-order valence-electron chi connectivity index (χ0n) is 11.4. The molecule has 0 aliphatic heterocycles. The highest BCUT2D eigenvalue weighted by Crippen LogP contribution is 2.10. The Bertz CT molecular complexity index is 410. The lowest BCUT2D eigenvalue weighted by Gasteiger charge is -2.08. The number of carbonyl (C=O) groups is 1. The maximum Gasteiger partial charge on any atom is 0.254 e. The number of nitrogen functional groups attached to an aromatic ring is 1. The first-order chi connectivity index (χ1) is 9.15. The second-order valence-electron chi connectivity index (χ2n) is 4.13. The molecule has 0 bridgehead atoms. The second kappa shape index (κ2) is 8.44. The molecule has 6 heteroatoms. The fourth-order valence-corrected chi connectivity index (χ4v) is 1.49. The maximum atomic E-state index is 11.8. The number of hydrogen-bond acceptors (Lipinski definition) is 5. The summed E-state index contributed by atoms with van der Waals surface area (Å²) < 4.78 is 10.1. The van der Waals surface area contributed by atoms with Crippen LogP contribution in [0.15, 0.2) is 12.3 Å². The molecule has 1 amide bonds. The van der Waals surface area contributed by atoms with Crippen molar-refractivity contribution in [1.82, 2.24) is 10.3 Å². The molecule has 0 aliphatic carbocycles. The van der Waals surface area contributed by atoms with Crippen LogP contribution in [-0.4, -0.2) is 44.4 Å². The van der Waals surface area contributed by atoms with E-state index >= 15 is 0 Å². The van der Waals surface area contributed by atoms with E-state index in [1.807, 2.05) is 6.92 Å². The van der Waals surface area contributed by atoms with Crippen molar-refractivity contribution in [3.8, 4) is 0 Å². The first kappa shape index (κ1) is 15.4. The summed E-state index contributed by atoms with van der Waals surface area (Å²) >= 11 is 0. The molecular weight excluding hydrogens is 246 g/mol. The molecule has 0 saturated carbocycles. The molecule has 6 nitrogen and oxygen atoms in total. The Balaban J connectivity index is 2.24. The number of nitrogens with two attached hydrogens (primary N) is 1. The zero-order valence-corrected chi connectivity index (χ0v) is 11.4. The molecule has 1 aromatic rings. The Kier molecular flexibility index (Phi) is 6.84. The van der Waals surface area contributed by atoms with Gasteiger partial charge in [0.1, 0.15) is 0 Å². The molecule has 0 spiro atoms. The summed E-state index contributed by atoms with van der Waals surface area (Å²) in [4.78, 5) is 15.9. The minimum absolute atomic E-state index is 0.207. The number of amides is 1. The molecule has 1 aromatic heterocycles. The van der Waals surface area contributed by atoms with Crippen LogP contribution in [0.2, 0.25) is 0 Å². The van der Waals surface area contributed by atoms with E-state index < -0.39 is 0 Å². The Labute approximate surface area is 113 Å². The largest absolute Gasteiger partial charge is 0.398 e. The van der Waals surface area contributed by atoms with Crippen molar-refractivity contribution < 1.29 is 14.3 Å². The van der Waals surface area contributed by atoms with Crippen molar-refractivity contribution in [2.45, 2.75) is 13.3 Å². The smallest absolute Gasteiger partial charge is 0.254 e. The van der Waals surface area contributed by atoms with Crippen LogP contribution < -0.4 is 11.1 Å². The number of hydrogen-bond donors (Lipinski definition) is 2. The summed E-state index contributed by atoms with van der Waals surface area (Å²) in [7, 11) is 1.63. The van der Waals surface area contributed by atoms with Gasteiger partial charge in [-0.1, -0.05) is 0 Å². The molecule has 0 atom stereocenters. The fourth-order valence-electron chi connectivity index (χ4n) is 1.49. The van der Waals surface area contributed by atoms with Gasteiger partial charge in [0, 0.05) is 37.8 Å². The lowest BCUT2D eigenvalue weighted by atomic mass is 10.2. The molecule has 1 heterocycles. The zero-order chi connectivity index (χ0) is 14.1. The van der Waals surface area contributed by atoms with Gasteiger partial charge in [-0.05, 0) is 19.4 Å². The summed E-state index contributed by atoms with van der Waals surface area (Å²) in [6, 6.07) is 1.68. The Hall–Kier alpha value is -1.66. The van der Waals surface area contributed by atoms with Crippen molar-refractivity contribution in [1.29, 1.82) is 0 Å². The minimum Gasteiger partial charge on any atom is -0.398 e. The van der Waals surface area contributed by atoms with Gasteiger partial charge in [-0.25, -0.2) is 0 Å². The molecule has 0 fully saturated rings. The number of pyridine rings is 1. The average Bonchev–Trinajstić information content (AvgIpc) is 2.37. The van der Waals surface area contributed by atoms with Crippen molar-refractivity contribution in [3.05, 3.63) is 23.5 Å². The van der Waals surface area contributed by atoms with E-state index in [2.05, 4.69) is 10.3 Å². The van der Waals surface area contributed by atoms with E-state index in [0.717, 1.165) is 12.1 Å². The third-order valence-corrected chi connectivity index (χ3v) is 2.50. The number of ether oxygens (including phenoxy) is 2. The molecule has 106 valence electrons. The van der Waals surface area contributed by atoms with Crippen LogP contribution in [0.25, 0.3) is 0 Å². The number of methoxy groups -OCH3 is 1. The highest BCUT2D eigenvalue weighted by Gasteiger charge is 2.09. The summed E-state index contributed by atoms with van der Waals surface area (Å²) in [5.74, 6) is -0.207. The predicted octanol–water partition coefficient (Wildman–Crippen LogP) is 0.755. The number of nitrogens with one attached hydrogen (secondary N) is 1. The molecule has 1 rings (SSSR count). The van der Waals surface area contributed by atoms with Crippen LogP contribution in [0.5, 0.6) is 0 Å². The van der Waals surface area contributed by atoms with E-state index in [1.54, 1.807) is 13.2 Å². The summed E-state index contributed by atoms with van der Waals surface area (Å²) in [5.41, 5.74) is 7.41. The van der Waals surface area contributed by atoms with Gasteiger partial charge >= 0.3 is 0 Å². The van der Waals surface area contributed by atoms with Gasteiger partial charge in [-0.2, -0.15) is 0 Å². The van der Waals surface area contributed by atoms with Gasteiger partial charge in [0.25, 0.3) is 5.91 Å². The summed E-state index contributed by atoms with van der Waals surface area (Å²) in [5, 5.41) is 2.78. The number of aromatic nitrogens is 1. The maximum absolute atomic E-state index is 11.8. The minimum atomic E-state index is -0.207. The van der Waals surface area contributed by atoms with Crippen molar-refractivity contribution in [2.75, 3.05) is 39.2 Å². The molecule has 0 unspecified atom stereocenters. The van der Waals surface area contributed by atoms with Crippen molar-refractivity contribution in [2.24, 2.45) is 0 Å². The topological polar surface area (TPSA) is 86.5 Å². The monoisotopic (exact) mass is 267 g/mol. The normalized spacial score (nSPS) is 10.4. The van der Waals surface area contributed by atoms with E-state index in [-0.39, 0.29) is 5.91 Å². The number of aryl methyl sites for hydroxylation is 1. The molecule has 0 aliphatic rings.